The quantitative estimate of drug-likeness (QED) is 0.678. The van der Waals surface area contributed by atoms with E-state index >= 15 is 0 Å². The number of allylic oxidation sites excluding steroid dienone is 1. The first-order chi connectivity index (χ1) is 10.4. The largest absolute Gasteiger partial charge is 0.299 e. The normalized spacial score (nSPS) is 55.7. The van der Waals surface area contributed by atoms with Crippen LogP contribution in [0.4, 0.5) is 0 Å². The second kappa shape index (κ2) is 3.94. The van der Waals surface area contributed by atoms with Crippen LogP contribution in [0.1, 0.15) is 58.8 Å². The lowest BCUT2D eigenvalue weighted by molar-refractivity contribution is -0.136. The minimum atomic E-state index is -0.00316. The third-order valence-electron chi connectivity index (χ3n) is 8.41. The molecule has 5 aliphatic rings. The summed E-state index contributed by atoms with van der Waals surface area (Å²) in [7, 11) is 0. The van der Waals surface area contributed by atoms with Gasteiger partial charge in [0.05, 0.1) is 0 Å². The highest BCUT2D eigenvalue weighted by Crippen LogP contribution is 2.71. The molecule has 0 radical (unpaired) electrons. The van der Waals surface area contributed by atoms with Gasteiger partial charge in [-0.25, -0.2) is 0 Å². The molecule has 0 aromatic rings. The van der Waals surface area contributed by atoms with Crippen molar-refractivity contribution < 1.29 is 9.59 Å². The predicted molar refractivity (Wildman–Crippen MR) is 84.1 cm³/mol. The van der Waals surface area contributed by atoms with E-state index in [0.717, 1.165) is 31.6 Å². The average molecular weight is 298 g/mol. The maximum atomic E-state index is 12.7. The molecule has 22 heavy (non-hydrogen) atoms. The first-order valence-electron chi connectivity index (χ1n) is 9.23. The van der Waals surface area contributed by atoms with Gasteiger partial charge >= 0.3 is 0 Å². The Kier molecular flexibility index (Phi) is 2.42. The van der Waals surface area contributed by atoms with E-state index in [9.17, 15) is 9.59 Å². The lowest BCUT2D eigenvalue weighted by Crippen LogP contribution is -2.51. The Balaban J connectivity index is 1.55. The zero-order chi connectivity index (χ0) is 15.3. The zero-order valence-electron chi connectivity index (χ0n) is 13.7. The van der Waals surface area contributed by atoms with Crippen molar-refractivity contribution in [1.29, 1.82) is 0 Å². The fourth-order valence-electron chi connectivity index (χ4n) is 7.22. The van der Waals surface area contributed by atoms with Crippen LogP contribution < -0.4 is 0 Å². The maximum Gasteiger partial charge on any atom is 0.155 e. The second-order valence-corrected chi connectivity index (χ2v) is 9.21. The third-order valence-corrected chi connectivity index (χ3v) is 8.41. The average Bonchev–Trinajstić information content (AvgIpc) is 3.22. The van der Waals surface area contributed by atoms with Crippen LogP contribution in [0.5, 0.6) is 0 Å². The van der Waals surface area contributed by atoms with Gasteiger partial charge in [-0.15, -0.1) is 0 Å². The molecular weight excluding hydrogens is 272 g/mol. The first kappa shape index (κ1) is 13.5. The van der Waals surface area contributed by atoms with Crippen LogP contribution >= 0.6 is 0 Å². The highest BCUT2D eigenvalue weighted by molar-refractivity contribution is 5.93. The minimum absolute atomic E-state index is 0.00316. The van der Waals surface area contributed by atoms with Crippen molar-refractivity contribution in [2.24, 2.45) is 40.4 Å². The molecule has 0 N–H and O–H groups in total. The van der Waals surface area contributed by atoms with Gasteiger partial charge in [0.15, 0.2) is 5.78 Å². The van der Waals surface area contributed by atoms with Crippen molar-refractivity contribution in [3.63, 3.8) is 0 Å². The summed E-state index contributed by atoms with van der Waals surface area (Å²) in [6, 6.07) is 0. The molecule has 5 rings (SSSR count). The summed E-state index contributed by atoms with van der Waals surface area (Å²) in [4.78, 5) is 24.6. The SMILES string of the molecule is C[C@]12CCC(=O)C=C1CC[C@H]1[C@@H]3[C@@H]4C[C@@H]4C(=O)[C@@]3(C)CC[C@@H]12. The number of Topliss-reactive ketones (excluding diaryl/α,β-unsaturated/α-hetero) is 1. The van der Waals surface area contributed by atoms with E-state index in [1.807, 2.05) is 6.08 Å². The van der Waals surface area contributed by atoms with Gasteiger partial charge in [-0.1, -0.05) is 19.4 Å². The number of hydrogen-bond acceptors (Lipinski definition) is 2. The molecule has 0 aromatic carbocycles. The molecule has 0 unspecified atom stereocenters. The minimum Gasteiger partial charge on any atom is -0.299 e. The molecule has 4 fully saturated rings. The Hall–Kier alpha value is -0.920. The molecule has 2 nitrogen and oxygen atoms in total. The van der Waals surface area contributed by atoms with E-state index in [-0.39, 0.29) is 10.8 Å². The van der Waals surface area contributed by atoms with Gasteiger partial charge in [0.1, 0.15) is 5.78 Å². The number of rotatable bonds is 0. The Bertz CT molecular complexity index is 617. The summed E-state index contributed by atoms with van der Waals surface area (Å²) >= 11 is 0. The van der Waals surface area contributed by atoms with Crippen LogP contribution in [-0.2, 0) is 9.59 Å². The summed E-state index contributed by atoms with van der Waals surface area (Å²) < 4.78 is 0. The van der Waals surface area contributed by atoms with Gasteiger partial charge in [-0.3, -0.25) is 9.59 Å². The number of carbonyl (C=O) groups is 2. The number of hydrogen-bond donors (Lipinski definition) is 0. The van der Waals surface area contributed by atoms with Crippen molar-refractivity contribution in [3.8, 4) is 0 Å². The molecule has 0 aliphatic heterocycles. The van der Waals surface area contributed by atoms with Crippen molar-refractivity contribution in [1.82, 2.24) is 0 Å². The van der Waals surface area contributed by atoms with E-state index in [1.54, 1.807) is 0 Å². The molecule has 0 amide bonds. The molecule has 2 heteroatoms. The van der Waals surface area contributed by atoms with Crippen LogP contribution in [-0.4, -0.2) is 11.6 Å². The molecule has 4 saturated carbocycles. The van der Waals surface area contributed by atoms with Crippen LogP contribution in [0, 0.1) is 40.4 Å². The van der Waals surface area contributed by atoms with Gasteiger partial charge in [0.25, 0.3) is 0 Å². The zero-order valence-corrected chi connectivity index (χ0v) is 13.7. The Morgan fingerprint density at radius 3 is 2.64 bits per heavy atom. The van der Waals surface area contributed by atoms with Gasteiger partial charge < -0.3 is 0 Å². The molecular formula is C20H26O2. The Morgan fingerprint density at radius 2 is 1.82 bits per heavy atom. The summed E-state index contributed by atoms with van der Waals surface area (Å²) in [5.74, 6) is 4.17. The highest BCUT2D eigenvalue weighted by atomic mass is 16.1. The van der Waals surface area contributed by atoms with Crippen molar-refractivity contribution in [3.05, 3.63) is 11.6 Å². The summed E-state index contributed by atoms with van der Waals surface area (Å²) in [6.45, 7) is 4.70. The van der Waals surface area contributed by atoms with E-state index in [2.05, 4.69) is 13.8 Å². The van der Waals surface area contributed by atoms with E-state index in [4.69, 9.17) is 0 Å². The molecule has 0 saturated heterocycles. The van der Waals surface area contributed by atoms with Gasteiger partial charge in [0.2, 0.25) is 0 Å². The van der Waals surface area contributed by atoms with E-state index in [1.165, 1.54) is 24.8 Å². The van der Waals surface area contributed by atoms with Gasteiger partial charge in [-0.05, 0) is 73.7 Å². The fourth-order valence-corrected chi connectivity index (χ4v) is 7.22. The van der Waals surface area contributed by atoms with Crippen LogP contribution in [0.3, 0.4) is 0 Å². The summed E-state index contributed by atoms with van der Waals surface area (Å²) in [6.07, 6.45) is 9.55. The number of ketones is 2. The van der Waals surface area contributed by atoms with Crippen molar-refractivity contribution >= 4 is 11.6 Å². The van der Waals surface area contributed by atoms with Crippen LogP contribution in [0.2, 0.25) is 0 Å². The summed E-state index contributed by atoms with van der Waals surface area (Å²) in [5, 5.41) is 0. The van der Waals surface area contributed by atoms with Crippen molar-refractivity contribution in [2.75, 3.05) is 0 Å². The maximum absolute atomic E-state index is 12.7. The topological polar surface area (TPSA) is 34.1 Å². The van der Waals surface area contributed by atoms with Crippen molar-refractivity contribution in [2.45, 2.75) is 58.8 Å². The fraction of sp³-hybridized carbons (Fsp3) is 0.800. The van der Waals surface area contributed by atoms with Gasteiger partial charge in [0, 0.05) is 17.8 Å². The molecule has 7 atom stereocenters. The van der Waals surface area contributed by atoms with E-state index in [0.29, 0.717) is 35.2 Å². The molecule has 0 bridgehead atoms. The smallest absolute Gasteiger partial charge is 0.155 e. The Morgan fingerprint density at radius 1 is 1.00 bits per heavy atom. The standard InChI is InChI=1S/C20H26O2/c1-19-7-5-12(21)9-11(19)3-4-13-16(19)6-8-20(2)17(13)14-10-15(14)18(20)22/h9,13-17H,3-8,10H2,1-2H3/t13-,14-,15+,16+,17-,19+,20+/m1/s1. The first-order valence-corrected chi connectivity index (χ1v) is 9.23. The summed E-state index contributed by atoms with van der Waals surface area (Å²) in [5.41, 5.74) is 1.68. The Labute approximate surface area is 132 Å². The number of carbonyl (C=O) groups excluding carboxylic acids is 2. The molecule has 0 aromatic heterocycles. The third kappa shape index (κ3) is 1.43. The molecule has 5 aliphatic carbocycles. The lowest BCUT2D eigenvalue weighted by Gasteiger charge is -2.57. The molecule has 0 spiro atoms. The number of fused-ring (bicyclic) bond motifs is 7. The molecule has 0 heterocycles. The predicted octanol–water partition coefficient (Wildman–Crippen LogP) is 3.94. The lowest BCUT2D eigenvalue weighted by atomic mass is 9.47. The highest BCUT2D eigenvalue weighted by Gasteiger charge is 2.70. The monoisotopic (exact) mass is 298 g/mol. The molecule has 118 valence electrons. The second-order valence-electron chi connectivity index (χ2n) is 9.21. The van der Waals surface area contributed by atoms with Crippen LogP contribution in [0.25, 0.3) is 0 Å². The van der Waals surface area contributed by atoms with Crippen LogP contribution in [0.15, 0.2) is 11.6 Å². The van der Waals surface area contributed by atoms with E-state index < -0.39 is 0 Å². The van der Waals surface area contributed by atoms with Gasteiger partial charge in [-0.2, -0.15) is 0 Å².